The van der Waals surface area contributed by atoms with E-state index >= 15 is 0 Å². The van der Waals surface area contributed by atoms with Crippen molar-refractivity contribution in [3.63, 3.8) is 0 Å². The van der Waals surface area contributed by atoms with Crippen molar-refractivity contribution in [1.82, 2.24) is 0 Å². The Bertz CT molecular complexity index is 614. The largest absolute Gasteiger partial charge is 0.326 e. The molecule has 0 heterocycles. The third-order valence-electron chi connectivity index (χ3n) is 2.60. The topological polar surface area (TPSA) is 55.1 Å². The van der Waals surface area contributed by atoms with Crippen LogP contribution in [0.1, 0.15) is 15.9 Å². The van der Waals surface area contributed by atoms with Crippen molar-refractivity contribution in [3.8, 4) is 0 Å². The molecular weight excluding hydrogens is 283 g/mol. The Morgan fingerprint density at radius 2 is 1.95 bits per heavy atom. The van der Waals surface area contributed by atoms with Gasteiger partial charge in [-0.15, -0.1) is 0 Å². The molecule has 1 amide bonds. The predicted molar refractivity (Wildman–Crippen MR) is 78.7 cm³/mol. The van der Waals surface area contributed by atoms with Crippen molar-refractivity contribution >= 4 is 34.8 Å². The standard InChI is InChI=1S/C14H12Cl2N2O/c15-11-4-5-13(12(16)7-11)18-14(19)10-3-1-2-9(6-10)8-17/h1-7H,8,17H2,(H,18,19). The Morgan fingerprint density at radius 3 is 2.63 bits per heavy atom. The van der Waals surface area contributed by atoms with Crippen molar-refractivity contribution in [3.05, 3.63) is 63.6 Å². The van der Waals surface area contributed by atoms with Crippen molar-refractivity contribution in [2.75, 3.05) is 5.32 Å². The molecule has 0 atom stereocenters. The number of hydrogen-bond donors (Lipinski definition) is 2. The molecule has 0 unspecified atom stereocenters. The zero-order valence-electron chi connectivity index (χ0n) is 9.99. The van der Waals surface area contributed by atoms with Crippen LogP contribution in [0.15, 0.2) is 42.5 Å². The van der Waals surface area contributed by atoms with E-state index in [-0.39, 0.29) is 5.91 Å². The van der Waals surface area contributed by atoms with E-state index in [0.29, 0.717) is 27.8 Å². The summed E-state index contributed by atoms with van der Waals surface area (Å²) in [5.74, 6) is -0.237. The first-order valence-electron chi connectivity index (χ1n) is 5.65. The summed E-state index contributed by atoms with van der Waals surface area (Å²) in [5, 5.41) is 3.66. The van der Waals surface area contributed by atoms with Gasteiger partial charge < -0.3 is 11.1 Å². The molecule has 3 N–H and O–H groups in total. The van der Waals surface area contributed by atoms with Crippen LogP contribution < -0.4 is 11.1 Å². The molecule has 98 valence electrons. The molecule has 19 heavy (non-hydrogen) atoms. The Hall–Kier alpha value is -1.55. The van der Waals surface area contributed by atoms with Crippen molar-refractivity contribution in [2.24, 2.45) is 5.73 Å². The average Bonchev–Trinajstić information content (AvgIpc) is 2.42. The lowest BCUT2D eigenvalue weighted by Gasteiger charge is -2.08. The molecule has 0 saturated carbocycles. The van der Waals surface area contributed by atoms with Crippen LogP contribution in [0, 0.1) is 0 Å². The van der Waals surface area contributed by atoms with Gasteiger partial charge in [0.15, 0.2) is 0 Å². The summed E-state index contributed by atoms with van der Waals surface area (Å²) in [4.78, 5) is 12.1. The molecule has 0 aliphatic rings. The summed E-state index contributed by atoms with van der Waals surface area (Å²) in [6, 6.07) is 12.0. The molecule has 0 aliphatic carbocycles. The number of nitrogens with two attached hydrogens (primary N) is 1. The van der Waals surface area contributed by atoms with Crippen LogP contribution in [0.2, 0.25) is 10.0 Å². The molecule has 0 bridgehead atoms. The van der Waals surface area contributed by atoms with Crippen LogP contribution in [-0.2, 0) is 6.54 Å². The number of nitrogens with one attached hydrogen (secondary N) is 1. The van der Waals surface area contributed by atoms with Crippen LogP contribution >= 0.6 is 23.2 Å². The Kier molecular flexibility index (Phi) is 4.43. The lowest BCUT2D eigenvalue weighted by molar-refractivity contribution is 0.102. The average molecular weight is 295 g/mol. The lowest BCUT2D eigenvalue weighted by Crippen LogP contribution is -2.12. The van der Waals surface area contributed by atoms with Crippen LogP contribution in [0.25, 0.3) is 0 Å². The number of hydrogen-bond acceptors (Lipinski definition) is 2. The minimum absolute atomic E-state index is 0.237. The maximum atomic E-state index is 12.1. The summed E-state index contributed by atoms with van der Waals surface area (Å²) in [5.41, 5.74) is 7.50. The van der Waals surface area contributed by atoms with E-state index in [1.54, 1.807) is 36.4 Å². The Labute approximate surface area is 121 Å². The summed E-state index contributed by atoms with van der Waals surface area (Å²) in [7, 11) is 0. The predicted octanol–water partition coefficient (Wildman–Crippen LogP) is 3.70. The molecule has 3 nitrogen and oxygen atoms in total. The van der Waals surface area contributed by atoms with Gasteiger partial charge in [0, 0.05) is 17.1 Å². The summed E-state index contributed by atoms with van der Waals surface area (Å²) >= 11 is 11.8. The third-order valence-corrected chi connectivity index (χ3v) is 3.15. The molecule has 0 aliphatic heterocycles. The molecule has 2 rings (SSSR count). The van der Waals surface area contributed by atoms with Gasteiger partial charge in [-0.05, 0) is 35.9 Å². The molecule has 0 radical (unpaired) electrons. The van der Waals surface area contributed by atoms with Gasteiger partial charge in [-0.1, -0.05) is 35.3 Å². The number of carbonyl (C=O) groups is 1. The number of carbonyl (C=O) groups excluding carboxylic acids is 1. The van der Waals surface area contributed by atoms with E-state index < -0.39 is 0 Å². The smallest absolute Gasteiger partial charge is 0.255 e. The van der Waals surface area contributed by atoms with E-state index in [2.05, 4.69) is 5.32 Å². The first kappa shape index (κ1) is 13.9. The normalized spacial score (nSPS) is 10.3. The van der Waals surface area contributed by atoms with Gasteiger partial charge >= 0.3 is 0 Å². The fourth-order valence-corrected chi connectivity index (χ4v) is 2.08. The maximum Gasteiger partial charge on any atom is 0.255 e. The van der Waals surface area contributed by atoms with E-state index in [0.717, 1.165) is 5.56 Å². The van der Waals surface area contributed by atoms with Gasteiger partial charge in [-0.25, -0.2) is 0 Å². The lowest BCUT2D eigenvalue weighted by atomic mass is 10.1. The van der Waals surface area contributed by atoms with Gasteiger partial charge in [0.2, 0.25) is 0 Å². The van der Waals surface area contributed by atoms with Gasteiger partial charge in [0.25, 0.3) is 5.91 Å². The van der Waals surface area contributed by atoms with E-state index in [4.69, 9.17) is 28.9 Å². The first-order chi connectivity index (χ1) is 9.10. The van der Waals surface area contributed by atoms with Crippen LogP contribution in [0.5, 0.6) is 0 Å². The number of anilines is 1. The van der Waals surface area contributed by atoms with Gasteiger partial charge in [0.1, 0.15) is 0 Å². The highest BCUT2D eigenvalue weighted by molar-refractivity contribution is 6.36. The summed E-state index contributed by atoms with van der Waals surface area (Å²) in [6.45, 7) is 0.392. The molecule has 0 spiro atoms. The van der Waals surface area contributed by atoms with Crippen LogP contribution in [-0.4, -0.2) is 5.91 Å². The number of benzene rings is 2. The fourth-order valence-electron chi connectivity index (χ4n) is 1.62. The molecule has 0 aromatic heterocycles. The molecule has 2 aromatic carbocycles. The molecule has 0 fully saturated rings. The molecule has 5 heteroatoms. The first-order valence-corrected chi connectivity index (χ1v) is 6.41. The van der Waals surface area contributed by atoms with Crippen molar-refractivity contribution in [2.45, 2.75) is 6.54 Å². The highest BCUT2D eigenvalue weighted by Gasteiger charge is 2.09. The zero-order valence-corrected chi connectivity index (χ0v) is 11.5. The van der Waals surface area contributed by atoms with Crippen molar-refractivity contribution < 1.29 is 4.79 Å². The quantitative estimate of drug-likeness (QED) is 0.907. The van der Waals surface area contributed by atoms with Crippen LogP contribution in [0.4, 0.5) is 5.69 Å². The zero-order chi connectivity index (χ0) is 13.8. The number of amides is 1. The monoisotopic (exact) mass is 294 g/mol. The summed E-state index contributed by atoms with van der Waals surface area (Å²) in [6.07, 6.45) is 0. The van der Waals surface area contributed by atoms with E-state index in [1.807, 2.05) is 6.07 Å². The summed E-state index contributed by atoms with van der Waals surface area (Å²) < 4.78 is 0. The maximum absolute atomic E-state index is 12.1. The van der Waals surface area contributed by atoms with Gasteiger partial charge in [-0.3, -0.25) is 4.79 Å². The number of rotatable bonds is 3. The van der Waals surface area contributed by atoms with E-state index in [1.165, 1.54) is 0 Å². The minimum Gasteiger partial charge on any atom is -0.326 e. The highest BCUT2D eigenvalue weighted by Crippen LogP contribution is 2.25. The van der Waals surface area contributed by atoms with Crippen LogP contribution in [0.3, 0.4) is 0 Å². The fraction of sp³-hybridized carbons (Fsp3) is 0.0714. The second kappa shape index (κ2) is 6.06. The number of halogens is 2. The highest BCUT2D eigenvalue weighted by atomic mass is 35.5. The SMILES string of the molecule is NCc1cccc(C(=O)Nc2ccc(Cl)cc2Cl)c1. The molecule has 0 saturated heterocycles. The second-order valence-electron chi connectivity index (χ2n) is 3.98. The van der Waals surface area contributed by atoms with Crippen molar-refractivity contribution in [1.29, 1.82) is 0 Å². The molecular formula is C14H12Cl2N2O. The Balaban J connectivity index is 2.20. The van der Waals surface area contributed by atoms with Gasteiger partial charge in [-0.2, -0.15) is 0 Å². The minimum atomic E-state index is -0.237. The molecule has 2 aromatic rings. The Morgan fingerprint density at radius 1 is 1.16 bits per heavy atom. The second-order valence-corrected chi connectivity index (χ2v) is 4.83. The van der Waals surface area contributed by atoms with E-state index in [9.17, 15) is 4.79 Å². The third kappa shape index (κ3) is 3.47. The van der Waals surface area contributed by atoms with Gasteiger partial charge in [0.05, 0.1) is 10.7 Å².